The molecule has 1 saturated heterocycles. The van der Waals surface area contributed by atoms with Gasteiger partial charge in [-0.15, -0.1) is 0 Å². The Morgan fingerprint density at radius 1 is 1.36 bits per heavy atom. The van der Waals surface area contributed by atoms with E-state index in [0.717, 1.165) is 6.07 Å². The molecule has 2 rings (SSSR count). The second kappa shape index (κ2) is 6.87. The summed E-state index contributed by atoms with van der Waals surface area (Å²) in [5.74, 6) is -0.460. The van der Waals surface area contributed by atoms with Gasteiger partial charge in [0.05, 0.1) is 30.2 Å². The van der Waals surface area contributed by atoms with E-state index < -0.39 is 17.6 Å². The van der Waals surface area contributed by atoms with Gasteiger partial charge in [-0.1, -0.05) is 6.92 Å². The first-order valence-electron chi connectivity index (χ1n) is 6.86. The van der Waals surface area contributed by atoms with Gasteiger partial charge in [0.1, 0.15) is 0 Å². The van der Waals surface area contributed by atoms with Crippen LogP contribution >= 0.6 is 15.9 Å². The van der Waals surface area contributed by atoms with Crippen molar-refractivity contribution in [1.82, 2.24) is 0 Å². The zero-order valence-electron chi connectivity index (χ0n) is 12.0. The highest BCUT2D eigenvalue weighted by molar-refractivity contribution is 9.10. The number of hydrogen-bond acceptors (Lipinski definition) is 3. The van der Waals surface area contributed by atoms with E-state index >= 15 is 0 Å². The molecule has 1 aliphatic heterocycles. The Bertz CT molecular complexity index is 558. The first-order chi connectivity index (χ1) is 10.3. The lowest BCUT2D eigenvalue weighted by Gasteiger charge is -2.32. The number of amides is 1. The third-order valence-electron chi connectivity index (χ3n) is 3.35. The number of hydrogen-bond donors (Lipinski definition) is 1. The second-order valence-electron chi connectivity index (χ2n) is 4.82. The molecule has 0 unspecified atom stereocenters. The smallest absolute Gasteiger partial charge is 0.378 e. The molecule has 1 heterocycles. The molecule has 1 aromatic carbocycles. The largest absolute Gasteiger partial charge is 0.418 e. The van der Waals surface area contributed by atoms with Crippen LogP contribution in [-0.4, -0.2) is 32.2 Å². The van der Waals surface area contributed by atoms with E-state index in [2.05, 4.69) is 21.2 Å². The van der Waals surface area contributed by atoms with Crippen molar-refractivity contribution in [3.8, 4) is 0 Å². The maximum absolute atomic E-state index is 13.3. The minimum absolute atomic E-state index is 0.104. The lowest BCUT2D eigenvalue weighted by atomic mass is 10.1. The normalized spacial score (nSPS) is 15.8. The topological polar surface area (TPSA) is 41.6 Å². The molecular weight excluding hydrogens is 365 g/mol. The fourth-order valence-electron chi connectivity index (χ4n) is 2.25. The standard InChI is InChI=1S/C14H16BrF3N2O2/c1-2-11(21)19-12-9(14(16,17)18)3-4-10(15)13(12)20-5-7-22-8-6-20/h3-4H,2,5-8H2,1H3,(H,19,21). The van der Waals surface area contributed by atoms with Crippen LogP contribution in [0.5, 0.6) is 0 Å². The van der Waals surface area contributed by atoms with Gasteiger partial charge in [0.2, 0.25) is 5.91 Å². The summed E-state index contributed by atoms with van der Waals surface area (Å²) in [7, 11) is 0. The molecule has 1 N–H and O–H groups in total. The maximum atomic E-state index is 13.3. The fourth-order valence-corrected chi connectivity index (χ4v) is 2.83. The first kappa shape index (κ1) is 17.1. The van der Waals surface area contributed by atoms with Crippen molar-refractivity contribution >= 4 is 33.2 Å². The van der Waals surface area contributed by atoms with Crippen LogP contribution in [0.2, 0.25) is 0 Å². The van der Waals surface area contributed by atoms with Crippen LogP contribution in [0.3, 0.4) is 0 Å². The number of nitrogens with zero attached hydrogens (tertiary/aromatic N) is 1. The summed E-state index contributed by atoms with van der Waals surface area (Å²) in [5.41, 5.74) is -0.699. The molecule has 4 nitrogen and oxygen atoms in total. The molecule has 1 aromatic rings. The Balaban J connectivity index is 2.55. The number of rotatable bonds is 3. The Labute approximate surface area is 134 Å². The number of ether oxygens (including phenoxy) is 1. The van der Waals surface area contributed by atoms with Crippen LogP contribution in [0.25, 0.3) is 0 Å². The van der Waals surface area contributed by atoms with Crippen LogP contribution in [0, 0.1) is 0 Å². The summed E-state index contributed by atoms with van der Waals surface area (Å²) in [6, 6.07) is 2.33. The Kier molecular flexibility index (Phi) is 5.33. The Morgan fingerprint density at radius 2 is 2.00 bits per heavy atom. The van der Waals surface area contributed by atoms with Gasteiger partial charge in [-0.2, -0.15) is 13.2 Å². The van der Waals surface area contributed by atoms with Crippen LogP contribution < -0.4 is 10.2 Å². The molecule has 0 aliphatic carbocycles. The third kappa shape index (κ3) is 3.73. The minimum Gasteiger partial charge on any atom is -0.378 e. The molecule has 1 fully saturated rings. The van der Waals surface area contributed by atoms with E-state index in [9.17, 15) is 18.0 Å². The van der Waals surface area contributed by atoms with E-state index in [1.54, 1.807) is 11.8 Å². The zero-order valence-corrected chi connectivity index (χ0v) is 13.6. The van der Waals surface area contributed by atoms with Crippen molar-refractivity contribution in [1.29, 1.82) is 0 Å². The van der Waals surface area contributed by atoms with E-state index in [0.29, 0.717) is 36.5 Å². The van der Waals surface area contributed by atoms with Gasteiger partial charge in [-0.05, 0) is 28.1 Å². The molecule has 0 spiro atoms. The van der Waals surface area contributed by atoms with Gasteiger partial charge < -0.3 is 15.0 Å². The predicted molar refractivity (Wildman–Crippen MR) is 81.1 cm³/mol. The molecule has 0 bridgehead atoms. The molecule has 0 radical (unpaired) electrons. The lowest BCUT2D eigenvalue weighted by Crippen LogP contribution is -2.37. The van der Waals surface area contributed by atoms with Crippen LogP contribution in [0.4, 0.5) is 24.5 Å². The van der Waals surface area contributed by atoms with Gasteiger partial charge in [-0.25, -0.2) is 0 Å². The van der Waals surface area contributed by atoms with E-state index in [1.807, 2.05) is 0 Å². The van der Waals surface area contributed by atoms with Crippen LogP contribution in [0.15, 0.2) is 16.6 Å². The van der Waals surface area contributed by atoms with Crippen molar-refractivity contribution in [2.75, 3.05) is 36.5 Å². The number of benzene rings is 1. The van der Waals surface area contributed by atoms with Crippen LogP contribution in [-0.2, 0) is 15.7 Å². The van der Waals surface area contributed by atoms with Gasteiger partial charge in [0.25, 0.3) is 0 Å². The first-order valence-corrected chi connectivity index (χ1v) is 7.66. The van der Waals surface area contributed by atoms with Crippen molar-refractivity contribution < 1.29 is 22.7 Å². The molecule has 22 heavy (non-hydrogen) atoms. The minimum atomic E-state index is -4.54. The molecule has 1 aliphatic rings. The monoisotopic (exact) mass is 380 g/mol. The molecule has 0 atom stereocenters. The summed E-state index contributed by atoms with van der Waals surface area (Å²) in [4.78, 5) is 13.5. The molecular formula is C14H16BrF3N2O2. The highest BCUT2D eigenvalue weighted by Crippen LogP contribution is 2.44. The second-order valence-corrected chi connectivity index (χ2v) is 5.67. The van der Waals surface area contributed by atoms with Gasteiger partial charge >= 0.3 is 6.18 Å². The molecule has 8 heteroatoms. The van der Waals surface area contributed by atoms with Crippen molar-refractivity contribution in [3.63, 3.8) is 0 Å². The van der Waals surface area contributed by atoms with Gasteiger partial charge in [0.15, 0.2) is 0 Å². The average molecular weight is 381 g/mol. The van der Waals surface area contributed by atoms with Gasteiger partial charge in [0, 0.05) is 24.0 Å². The summed E-state index contributed by atoms with van der Waals surface area (Å²) in [6.45, 7) is 3.40. The number of halogens is 4. The van der Waals surface area contributed by atoms with Crippen molar-refractivity contribution in [2.45, 2.75) is 19.5 Å². The number of anilines is 2. The summed E-state index contributed by atoms with van der Waals surface area (Å²) < 4.78 is 45.6. The summed E-state index contributed by atoms with van der Waals surface area (Å²) in [5, 5.41) is 2.40. The van der Waals surface area contributed by atoms with Gasteiger partial charge in [-0.3, -0.25) is 4.79 Å². The molecule has 0 aromatic heterocycles. The maximum Gasteiger partial charge on any atom is 0.418 e. The number of carbonyl (C=O) groups excluding carboxylic acids is 1. The molecule has 122 valence electrons. The van der Waals surface area contributed by atoms with E-state index in [4.69, 9.17) is 4.74 Å². The van der Waals surface area contributed by atoms with Crippen molar-refractivity contribution in [3.05, 3.63) is 22.2 Å². The SMILES string of the molecule is CCC(=O)Nc1c(C(F)(F)F)ccc(Br)c1N1CCOCC1. The fraction of sp³-hybridized carbons (Fsp3) is 0.500. The third-order valence-corrected chi connectivity index (χ3v) is 3.99. The summed E-state index contributed by atoms with van der Waals surface area (Å²) in [6.07, 6.45) is -4.44. The van der Waals surface area contributed by atoms with Crippen LogP contribution in [0.1, 0.15) is 18.9 Å². The average Bonchev–Trinajstić information content (AvgIpc) is 2.47. The molecule has 1 amide bonds. The number of morpholine rings is 1. The highest BCUT2D eigenvalue weighted by atomic mass is 79.9. The lowest BCUT2D eigenvalue weighted by molar-refractivity contribution is -0.137. The van der Waals surface area contributed by atoms with E-state index in [1.165, 1.54) is 6.07 Å². The number of nitrogens with one attached hydrogen (secondary N) is 1. The Morgan fingerprint density at radius 3 is 2.55 bits per heavy atom. The van der Waals surface area contributed by atoms with Crippen molar-refractivity contribution in [2.24, 2.45) is 0 Å². The number of carbonyl (C=O) groups is 1. The van der Waals surface area contributed by atoms with E-state index in [-0.39, 0.29) is 12.1 Å². The zero-order chi connectivity index (χ0) is 16.3. The summed E-state index contributed by atoms with van der Waals surface area (Å²) >= 11 is 3.29. The number of alkyl halides is 3. The quantitative estimate of drug-likeness (QED) is 0.869. The molecule has 0 saturated carbocycles. The highest BCUT2D eigenvalue weighted by Gasteiger charge is 2.36. The Hall–Kier alpha value is -1.28. The predicted octanol–water partition coefficient (Wildman–Crippen LogP) is 3.65.